The Hall–Kier alpha value is -2.16. The molecule has 8 heteroatoms. The molecule has 1 aromatic carbocycles. The van der Waals surface area contributed by atoms with Crippen LogP contribution < -0.4 is 9.62 Å². The highest BCUT2D eigenvalue weighted by Gasteiger charge is 2.24. The van der Waals surface area contributed by atoms with Crippen LogP contribution in [-0.4, -0.2) is 63.7 Å². The van der Waals surface area contributed by atoms with E-state index in [4.69, 9.17) is 4.74 Å². The molecular weight excluding hydrogens is 400 g/mol. The average molecular weight is 433 g/mol. The van der Waals surface area contributed by atoms with Crippen LogP contribution in [0.25, 0.3) is 0 Å². The number of morpholine rings is 1. The number of nitrogens with one attached hydrogen (secondary N) is 1. The number of benzene rings is 1. The minimum atomic E-state index is -3.66. The molecule has 2 heterocycles. The van der Waals surface area contributed by atoms with Crippen molar-refractivity contribution < 1.29 is 13.2 Å². The maximum absolute atomic E-state index is 13.0. The van der Waals surface area contributed by atoms with Crippen LogP contribution in [0.5, 0.6) is 0 Å². The van der Waals surface area contributed by atoms with Crippen molar-refractivity contribution in [3.8, 4) is 0 Å². The van der Waals surface area contributed by atoms with Gasteiger partial charge in [-0.15, -0.1) is 0 Å². The molecule has 1 aromatic heterocycles. The fourth-order valence-corrected chi connectivity index (χ4v) is 5.07. The van der Waals surface area contributed by atoms with Gasteiger partial charge in [-0.05, 0) is 37.1 Å². The van der Waals surface area contributed by atoms with E-state index in [2.05, 4.69) is 29.0 Å². The first-order valence-corrected chi connectivity index (χ1v) is 12.0. The number of hydrogen-bond donors (Lipinski definition) is 1. The molecule has 0 radical (unpaired) electrons. The first kappa shape index (κ1) is 22.5. The lowest BCUT2D eigenvalue weighted by Gasteiger charge is -2.34. The lowest BCUT2D eigenvalue weighted by Crippen LogP contribution is -2.46. The topological polar surface area (TPSA) is 74.8 Å². The summed E-state index contributed by atoms with van der Waals surface area (Å²) in [6.07, 6.45) is 1.51. The number of pyridine rings is 1. The fraction of sp³-hybridized carbons (Fsp3) is 0.500. The third kappa shape index (κ3) is 5.71. The molecule has 2 aromatic rings. The van der Waals surface area contributed by atoms with Crippen molar-refractivity contribution >= 4 is 21.5 Å². The zero-order valence-electron chi connectivity index (χ0n) is 18.0. The number of rotatable bonds is 9. The van der Waals surface area contributed by atoms with E-state index in [1.807, 2.05) is 25.1 Å². The molecule has 30 heavy (non-hydrogen) atoms. The van der Waals surface area contributed by atoms with Crippen LogP contribution >= 0.6 is 0 Å². The molecule has 0 bridgehead atoms. The molecule has 3 rings (SSSR count). The highest BCUT2D eigenvalue weighted by molar-refractivity contribution is 7.92. The van der Waals surface area contributed by atoms with Crippen LogP contribution in [0.4, 0.5) is 11.5 Å². The van der Waals surface area contributed by atoms with E-state index in [9.17, 15) is 8.42 Å². The first-order valence-electron chi connectivity index (χ1n) is 10.5. The van der Waals surface area contributed by atoms with Crippen LogP contribution in [0, 0.1) is 5.92 Å². The second-order valence-corrected chi connectivity index (χ2v) is 9.77. The molecular formula is C22H32N4O3S. The summed E-state index contributed by atoms with van der Waals surface area (Å²) in [7, 11) is -3.66. The van der Waals surface area contributed by atoms with Crippen LogP contribution in [0.2, 0.25) is 0 Å². The first-order chi connectivity index (χ1) is 14.4. The standard InChI is InChI=1S/C22H32N4O3S/c1-4-26(19-8-6-5-7-9-19)30(27,28)21-10-11-22(24-15-21)23-14-20-17-25(12-13-29-20)16-18(2)3/h5-11,15,18,20H,4,12-14,16-17H2,1-3H3,(H,23,24)/t20-/m0/s1. The van der Waals surface area contributed by atoms with Gasteiger partial charge in [0.1, 0.15) is 10.7 Å². The third-order valence-electron chi connectivity index (χ3n) is 5.01. The van der Waals surface area contributed by atoms with Crippen molar-refractivity contribution in [2.45, 2.75) is 31.8 Å². The van der Waals surface area contributed by atoms with Gasteiger partial charge in [0.05, 0.1) is 18.4 Å². The second-order valence-electron chi connectivity index (χ2n) is 7.91. The van der Waals surface area contributed by atoms with E-state index in [1.165, 1.54) is 10.5 Å². The van der Waals surface area contributed by atoms with Crippen LogP contribution in [0.3, 0.4) is 0 Å². The summed E-state index contributed by atoms with van der Waals surface area (Å²) < 4.78 is 33.3. The average Bonchev–Trinajstić information content (AvgIpc) is 2.73. The highest BCUT2D eigenvalue weighted by atomic mass is 32.2. The Kier molecular flexibility index (Phi) is 7.69. The molecule has 0 amide bonds. The lowest BCUT2D eigenvalue weighted by molar-refractivity contribution is -0.0244. The molecule has 0 spiro atoms. The molecule has 1 fully saturated rings. The highest BCUT2D eigenvalue weighted by Crippen LogP contribution is 2.23. The minimum absolute atomic E-state index is 0.0939. The van der Waals surface area contributed by atoms with Gasteiger partial charge in [-0.25, -0.2) is 13.4 Å². The zero-order valence-corrected chi connectivity index (χ0v) is 18.8. The quantitative estimate of drug-likeness (QED) is 0.656. The Labute approximate surface area is 180 Å². The number of nitrogens with zero attached hydrogens (tertiary/aromatic N) is 3. The van der Waals surface area contributed by atoms with Gasteiger partial charge < -0.3 is 10.1 Å². The van der Waals surface area contributed by atoms with E-state index < -0.39 is 10.0 Å². The van der Waals surface area contributed by atoms with Gasteiger partial charge in [-0.1, -0.05) is 32.0 Å². The zero-order chi connectivity index (χ0) is 21.6. The van der Waals surface area contributed by atoms with Crippen molar-refractivity contribution in [3.05, 3.63) is 48.7 Å². The predicted molar refractivity (Wildman–Crippen MR) is 120 cm³/mol. The van der Waals surface area contributed by atoms with Crippen molar-refractivity contribution in [1.29, 1.82) is 0 Å². The van der Waals surface area contributed by atoms with Crippen LogP contribution in [0.15, 0.2) is 53.6 Å². The number of aromatic nitrogens is 1. The lowest BCUT2D eigenvalue weighted by atomic mass is 10.2. The molecule has 1 atom stereocenters. The van der Waals surface area contributed by atoms with Gasteiger partial charge in [-0.3, -0.25) is 9.21 Å². The number of para-hydroxylation sites is 1. The van der Waals surface area contributed by atoms with Crippen molar-refractivity contribution in [1.82, 2.24) is 9.88 Å². The molecule has 7 nitrogen and oxygen atoms in total. The van der Waals surface area contributed by atoms with E-state index in [0.29, 0.717) is 30.5 Å². The minimum Gasteiger partial charge on any atom is -0.374 e. The number of ether oxygens (including phenoxy) is 1. The summed E-state index contributed by atoms with van der Waals surface area (Å²) in [5.41, 5.74) is 0.641. The van der Waals surface area contributed by atoms with Gasteiger partial charge in [-0.2, -0.15) is 0 Å². The third-order valence-corrected chi connectivity index (χ3v) is 6.90. The summed E-state index contributed by atoms with van der Waals surface area (Å²) >= 11 is 0. The van der Waals surface area contributed by atoms with E-state index in [0.717, 1.165) is 26.2 Å². The van der Waals surface area contributed by atoms with Crippen LogP contribution in [-0.2, 0) is 14.8 Å². The van der Waals surface area contributed by atoms with Gasteiger partial charge in [0.2, 0.25) is 0 Å². The fourth-order valence-electron chi connectivity index (χ4n) is 3.65. The number of hydrogen-bond acceptors (Lipinski definition) is 6. The molecule has 1 aliphatic rings. The maximum atomic E-state index is 13.0. The smallest absolute Gasteiger partial charge is 0.265 e. The van der Waals surface area contributed by atoms with Crippen LogP contribution in [0.1, 0.15) is 20.8 Å². The second kappa shape index (κ2) is 10.2. The Morgan fingerprint density at radius 2 is 2.00 bits per heavy atom. The normalized spacial score (nSPS) is 17.8. The van der Waals surface area contributed by atoms with E-state index >= 15 is 0 Å². The number of sulfonamides is 1. The largest absolute Gasteiger partial charge is 0.374 e. The predicted octanol–water partition coefficient (Wildman–Crippen LogP) is 3.07. The Bertz CT molecular complexity index is 888. The molecule has 0 unspecified atom stereocenters. The SMILES string of the molecule is CCN(c1ccccc1)S(=O)(=O)c1ccc(NC[C@H]2CN(CC(C)C)CCO2)nc1. The van der Waals surface area contributed by atoms with Gasteiger partial charge in [0.15, 0.2) is 0 Å². The summed E-state index contributed by atoms with van der Waals surface area (Å²) in [5.74, 6) is 1.27. The molecule has 0 aliphatic carbocycles. The monoisotopic (exact) mass is 432 g/mol. The van der Waals surface area contributed by atoms with Crippen molar-refractivity contribution in [2.75, 3.05) is 49.0 Å². The van der Waals surface area contributed by atoms with E-state index in [-0.39, 0.29) is 11.0 Å². The molecule has 1 N–H and O–H groups in total. The van der Waals surface area contributed by atoms with Gasteiger partial charge in [0.25, 0.3) is 10.0 Å². The van der Waals surface area contributed by atoms with Gasteiger partial charge in [0, 0.05) is 38.9 Å². The molecule has 1 saturated heterocycles. The Balaban J connectivity index is 1.62. The summed E-state index contributed by atoms with van der Waals surface area (Å²) in [6, 6.07) is 12.4. The number of anilines is 2. The Morgan fingerprint density at radius 3 is 2.63 bits per heavy atom. The summed E-state index contributed by atoms with van der Waals surface area (Å²) in [5, 5.41) is 3.27. The van der Waals surface area contributed by atoms with Crippen molar-refractivity contribution in [3.63, 3.8) is 0 Å². The summed E-state index contributed by atoms with van der Waals surface area (Å²) in [4.78, 5) is 6.92. The maximum Gasteiger partial charge on any atom is 0.265 e. The van der Waals surface area contributed by atoms with Gasteiger partial charge >= 0.3 is 0 Å². The molecule has 1 aliphatic heterocycles. The molecule has 164 valence electrons. The van der Waals surface area contributed by atoms with Crippen molar-refractivity contribution in [2.24, 2.45) is 5.92 Å². The van der Waals surface area contributed by atoms with E-state index in [1.54, 1.807) is 24.3 Å². The summed E-state index contributed by atoms with van der Waals surface area (Å²) in [6.45, 7) is 10.9. The molecule has 0 saturated carbocycles. The Morgan fingerprint density at radius 1 is 1.23 bits per heavy atom.